The number of aromatic nitrogens is 1. The largest absolute Gasteiger partial charge is 0.748 e. The molecule has 3 aromatic rings. The van der Waals surface area contributed by atoms with Crippen molar-refractivity contribution in [2.75, 3.05) is 70.9 Å². The van der Waals surface area contributed by atoms with Gasteiger partial charge in [0.05, 0.1) is 74.6 Å². The number of Topliss-reactive ketones (excluding diaryl/α,β-unsaturated/α-hetero) is 1. The molecule has 3 rings (SSSR count). The Kier molecular flexibility index (Phi) is 16.8. The van der Waals surface area contributed by atoms with E-state index in [1.165, 1.54) is 0 Å². The molecule has 1 unspecified atom stereocenters. The number of hydrogen-bond donors (Lipinski definition) is 3. The zero-order valence-electron chi connectivity index (χ0n) is 27.5. The molecule has 0 aliphatic carbocycles. The number of nitrogens with one attached hydrogen (secondary N) is 1. The summed E-state index contributed by atoms with van der Waals surface area (Å²) in [7, 11) is -4.76. The first-order chi connectivity index (χ1) is 24.0. The van der Waals surface area contributed by atoms with Crippen LogP contribution in [-0.4, -0.2) is 101 Å². The number of rotatable bonds is 25. The van der Waals surface area contributed by atoms with E-state index in [0.717, 1.165) is 21.8 Å². The first kappa shape index (κ1) is 40.0. The van der Waals surface area contributed by atoms with Crippen LogP contribution in [0.15, 0.2) is 47.6 Å². The third kappa shape index (κ3) is 14.6. The lowest BCUT2D eigenvalue weighted by molar-refractivity contribution is -0.645. The predicted octanol–water partition coefficient (Wildman–Crippen LogP) is 2.36. The summed E-state index contributed by atoms with van der Waals surface area (Å²) in [5.74, 6) is -4.84. The Morgan fingerprint density at radius 2 is 1.50 bits per heavy atom. The van der Waals surface area contributed by atoms with E-state index in [0.29, 0.717) is 70.3 Å². The van der Waals surface area contributed by atoms with Crippen LogP contribution in [-0.2, 0) is 50.0 Å². The highest BCUT2D eigenvalue weighted by molar-refractivity contribution is 7.85. The number of azide groups is 1. The first-order valence-corrected chi connectivity index (χ1v) is 17.5. The van der Waals surface area contributed by atoms with Gasteiger partial charge < -0.3 is 39.7 Å². The van der Waals surface area contributed by atoms with E-state index >= 15 is 0 Å². The molecule has 1 aromatic heterocycles. The van der Waals surface area contributed by atoms with Gasteiger partial charge in [-0.05, 0) is 29.8 Å². The summed E-state index contributed by atoms with van der Waals surface area (Å²) in [4.78, 5) is 38.2. The molecule has 1 atom stereocenters. The maximum Gasteiger partial charge on any atom is 0.307 e. The average Bonchev–Trinajstić information content (AvgIpc) is 3.05. The Morgan fingerprint density at radius 3 is 2.12 bits per heavy atom. The molecule has 0 aliphatic heterocycles. The summed E-state index contributed by atoms with van der Waals surface area (Å²) in [5.41, 5.74) is 17.8. The lowest BCUT2D eigenvalue weighted by Gasteiger charge is -2.14. The van der Waals surface area contributed by atoms with Crippen molar-refractivity contribution in [3.05, 3.63) is 52.9 Å². The van der Waals surface area contributed by atoms with Crippen LogP contribution in [0.3, 0.4) is 0 Å². The number of amides is 1. The normalized spacial score (nSPS) is 12.1. The quantitative estimate of drug-likeness (QED) is 0.0167. The number of benzene rings is 2. The highest BCUT2D eigenvalue weighted by atomic mass is 32.2. The summed E-state index contributed by atoms with van der Waals surface area (Å²) in [5, 5.41) is 17.5. The standard InChI is InChI=1S/C32H42N6O11S/c33-26-5-3-23-18-24-4-6-27(36-37-34)21-30(24)38(29(23)20-26)9-1-2-31(40)35-8-11-47-13-15-49-17-16-48-14-12-46-10-7-28(39)19-25(32(41)42)22-50(43,44)45/h3-6,18,20-21,25,33H,1-2,7-17,19,22H2,(H3,35,40,41,42,43,44,45). The third-order valence-corrected chi connectivity index (χ3v) is 8.16. The molecule has 1 heterocycles. The van der Waals surface area contributed by atoms with Gasteiger partial charge >= 0.3 is 5.97 Å². The fourth-order valence-electron chi connectivity index (χ4n) is 4.99. The van der Waals surface area contributed by atoms with Gasteiger partial charge in [-0.1, -0.05) is 11.2 Å². The number of aryl methyl sites for hydroxylation is 1. The van der Waals surface area contributed by atoms with Crippen molar-refractivity contribution < 1.29 is 56.0 Å². The third-order valence-electron chi connectivity index (χ3n) is 7.35. The van der Waals surface area contributed by atoms with Gasteiger partial charge in [-0.25, -0.2) is 8.42 Å². The molecule has 0 bridgehead atoms. The molecule has 1 amide bonds. The fraction of sp³-hybridized carbons (Fsp3) is 0.500. The minimum Gasteiger partial charge on any atom is -0.748 e. The van der Waals surface area contributed by atoms with Crippen molar-refractivity contribution >= 4 is 61.0 Å². The predicted molar refractivity (Wildman–Crippen MR) is 180 cm³/mol. The van der Waals surface area contributed by atoms with E-state index in [2.05, 4.69) is 19.9 Å². The number of fused-ring (bicyclic) bond motifs is 2. The minimum atomic E-state index is -4.76. The zero-order valence-corrected chi connectivity index (χ0v) is 28.3. The number of hydrogen-bond acceptors (Lipinski definition) is 12. The summed E-state index contributed by atoms with van der Waals surface area (Å²) in [6.45, 7) is 2.96. The lowest BCUT2D eigenvalue weighted by Crippen LogP contribution is -2.36. The molecule has 0 aliphatic rings. The molecular formula is C32H42N6O11S. The molecule has 17 nitrogen and oxygen atoms in total. The van der Waals surface area contributed by atoms with Gasteiger partial charge in [0.15, 0.2) is 0 Å². The Balaban J connectivity index is 1.20. The number of carboxylic acids is 1. The van der Waals surface area contributed by atoms with E-state index in [9.17, 15) is 27.4 Å². The van der Waals surface area contributed by atoms with Crippen LogP contribution in [0, 0.1) is 5.92 Å². The molecule has 0 saturated carbocycles. The van der Waals surface area contributed by atoms with Crippen molar-refractivity contribution in [1.29, 1.82) is 0 Å². The topological polar surface area (TPSA) is 256 Å². The number of anilines is 1. The Bertz CT molecular complexity index is 1770. The van der Waals surface area contributed by atoms with Crippen LogP contribution in [0.5, 0.6) is 0 Å². The molecule has 0 spiro atoms. The molecule has 272 valence electrons. The highest BCUT2D eigenvalue weighted by Gasteiger charge is 2.23. The number of nitrogen functional groups attached to an aromatic ring is 1. The van der Waals surface area contributed by atoms with Crippen LogP contribution in [0.4, 0.5) is 11.4 Å². The number of nitrogens with two attached hydrogens (primary N) is 1. The van der Waals surface area contributed by atoms with Crippen molar-refractivity contribution in [2.24, 2.45) is 11.0 Å². The smallest absolute Gasteiger partial charge is 0.307 e. The number of nitrogens with zero attached hydrogens (tertiary/aromatic N) is 4. The Labute approximate surface area is 289 Å². The lowest BCUT2D eigenvalue weighted by atomic mass is 10.0. The van der Waals surface area contributed by atoms with Gasteiger partial charge in [0.25, 0.3) is 0 Å². The summed E-state index contributed by atoms with van der Waals surface area (Å²) in [6, 6.07) is 13.2. The van der Waals surface area contributed by atoms with Gasteiger partial charge in [0.1, 0.15) is 12.3 Å². The van der Waals surface area contributed by atoms with Gasteiger partial charge in [-0.2, -0.15) is 4.57 Å². The monoisotopic (exact) mass is 718 g/mol. The number of pyridine rings is 1. The maximum absolute atomic E-state index is 12.4. The summed E-state index contributed by atoms with van der Waals surface area (Å²) in [6.07, 6.45) is 0.207. The van der Waals surface area contributed by atoms with Gasteiger partial charge in [-0.15, -0.1) is 0 Å². The summed E-state index contributed by atoms with van der Waals surface area (Å²) >= 11 is 0. The number of carboxylic acid groups (broad SMARTS) is 1. The first-order valence-electron chi connectivity index (χ1n) is 15.9. The fourth-order valence-corrected chi connectivity index (χ4v) is 5.75. The van der Waals surface area contributed by atoms with Crippen molar-refractivity contribution in [3.63, 3.8) is 0 Å². The van der Waals surface area contributed by atoms with Crippen molar-refractivity contribution in [3.8, 4) is 0 Å². The van der Waals surface area contributed by atoms with E-state index in [1.54, 1.807) is 6.07 Å². The minimum absolute atomic E-state index is 0.00639. The van der Waals surface area contributed by atoms with Crippen LogP contribution >= 0.6 is 0 Å². The SMILES string of the molecule is [N-]=[N+]=Nc1ccc2cc3ccc(N)cc3[n+](CCCC(=O)NCCOCCOCCOCCOCCC(=O)CC(CS(=O)(=O)[O-])C(=O)O)c2c1. The second-order valence-electron chi connectivity index (χ2n) is 11.2. The molecule has 2 aromatic carbocycles. The molecule has 50 heavy (non-hydrogen) atoms. The van der Waals surface area contributed by atoms with Gasteiger partial charge in [-0.3, -0.25) is 14.4 Å². The van der Waals surface area contributed by atoms with Gasteiger partial charge in [0.2, 0.25) is 16.9 Å². The molecule has 0 saturated heterocycles. The van der Waals surface area contributed by atoms with Crippen LogP contribution in [0.25, 0.3) is 32.2 Å². The van der Waals surface area contributed by atoms with Gasteiger partial charge in [0, 0.05) is 71.4 Å². The number of ether oxygens (including phenoxy) is 4. The second kappa shape index (κ2) is 20.9. The van der Waals surface area contributed by atoms with Crippen molar-refractivity contribution in [1.82, 2.24) is 5.32 Å². The van der Waals surface area contributed by atoms with Crippen LogP contribution in [0.2, 0.25) is 0 Å². The zero-order chi connectivity index (χ0) is 36.4. The molecule has 0 fully saturated rings. The van der Waals surface area contributed by atoms with E-state index in [1.807, 2.05) is 36.4 Å². The number of aliphatic carboxylic acids is 1. The highest BCUT2D eigenvalue weighted by Crippen LogP contribution is 2.24. The molecule has 4 N–H and O–H groups in total. The number of ketones is 1. The molecule has 0 radical (unpaired) electrons. The Morgan fingerprint density at radius 1 is 0.900 bits per heavy atom. The molecular weight excluding hydrogens is 676 g/mol. The number of carbonyl (C=O) groups is 3. The number of carbonyl (C=O) groups excluding carboxylic acids is 2. The van der Waals surface area contributed by atoms with Crippen LogP contribution < -0.4 is 15.6 Å². The summed E-state index contributed by atoms with van der Waals surface area (Å²) < 4.78 is 55.9. The van der Waals surface area contributed by atoms with Crippen molar-refractivity contribution in [2.45, 2.75) is 32.2 Å². The van der Waals surface area contributed by atoms with Crippen LogP contribution in [0.1, 0.15) is 25.7 Å². The molecule has 18 heteroatoms. The van der Waals surface area contributed by atoms with E-state index < -0.39 is 40.0 Å². The van der Waals surface area contributed by atoms with E-state index in [4.69, 9.17) is 35.3 Å². The Hall–Kier alpha value is -4.42. The second-order valence-corrected chi connectivity index (χ2v) is 12.7. The average molecular weight is 719 g/mol. The maximum atomic E-state index is 12.4. The van der Waals surface area contributed by atoms with E-state index in [-0.39, 0.29) is 32.1 Å².